The molecule has 1 N–H and O–H groups in total. The number of carbonyl (C=O) groups excluding carboxylic acids is 1. The maximum Gasteiger partial charge on any atom is 0.265 e. The molecule has 0 aliphatic heterocycles. The van der Waals surface area contributed by atoms with Crippen LogP contribution in [-0.2, 0) is 0 Å². The van der Waals surface area contributed by atoms with Crippen LogP contribution in [0.5, 0.6) is 0 Å². The van der Waals surface area contributed by atoms with E-state index in [4.69, 9.17) is 0 Å². The number of fused-ring (bicyclic) bond motifs is 1. The van der Waals surface area contributed by atoms with E-state index in [1.165, 1.54) is 11.3 Å². The lowest BCUT2D eigenvalue weighted by Gasteiger charge is -2.04. The first kappa shape index (κ1) is 12.3. The molecule has 4 nitrogen and oxygen atoms in total. The van der Waals surface area contributed by atoms with Gasteiger partial charge in [0.2, 0.25) is 0 Å². The largest absolute Gasteiger partial charge is 0.321 e. The lowest BCUT2D eigenvalue weighted by atomic mass is 10.2. The Morgan fingerprint density at radius 1 is 1.11 bits per heavy atom. The van der Waals surface area contributed by atoms with Crippen LogP contribution in [0, 0.1) is 0 Å². The van der Waals surface area contributed by atoms with Crippen LogP contribution in [0.4, 0.5) is 5.69 Å². The molecule has 19 heavy (non-hydrogen) atoms. The SMILES string of the molecule is O=C(Nc1ccc2nccnc2c1)c1ccc(Br)s1. The van der Waals surface area contributed by atoms with Crippen molar-refractivity contribution >= 4 is 49.9 Å². The highest BCUT2D eigenvalue weighted by Gasteiger charge is 2.09. The van der Waals surface area contributed by atoms with Crippen LogP contribution in [-0.4, -0.2) is 15.9 Å². The van der Waals surface area contributed by atoms with E-state index in [0.717, 1.165) is 14.8 Å². The van der Waals surface area contributed by atoms with Crippen molar-refractivity contribution in [3.05, 3.63) is 51.4 Å². The molecule has 0 radical (unpaired) electrons. The van der Waals surface area contributed by atoms with Crippen LogP contribution in [0.1, 0.15) is 9.67 Å². The van der Waals surface area contributed by atoms with Crippen molar-refractivity contribution in [2.24, 2.45) is 0 Å². The Morgan fingerprint density at radius 3 is 2.63 bits per heavy atom. The van der Waals surface area contributed by atoms with Crippen LogP contribution in [0.3, 0.4) is 0 Å². The Kier molecular flexibility index (Phi) is 3.27. The lowest BCUT2D eigenvalue weighted by Crippen LogP contribution is -2.09. The first-order valence-corrected chi connectivity index (χ1v) is 7.11. The molecule has 6 heteroatoms. The average Bonchev–Trinajstić information content (AvgIpc) is 2.85. The summed E-state index contributed by atoms with van der Waals surface area (Å²) < 4.78 is 0.932. The smallest absolute Gasteiger partial charge is 0.265 e. The zero-order chi connectivity index (χ0) is 13.2. The molecule has 2 aromatic heterocycles. The summed E-state index contributed by atoms with van der Waals surface area (Å²) in [5, 5.41) is 2.85. The van der Waals surface area contributed by atoms with Gasteiger partial charge < -0.3 is 5.32 Å². The number of hydrogen-bond acceptors (Lipinski definition) is 4. The summed E-state index contributed by atoms with van der Waals surface area (Å²) in [4.78, 5) is 21.1. The highest BCUT2D eigenvalue weighted by atomic mass is 79.9. The van der Waals surface area contributed by atoms with E-state index in [1.54, 1.807) is 18.5 Å². The predicted octanol–water partition coefficient (Wildman–Crippen LogP) is 3.71. The number of anilines is 1. The molecule has 0 fully saturated rings. The molecule has 0 atom stereocenters. The van der Waals surface area contributed by atoms with Crippen molar-refractivity contribution in [2.45, 2.75) is 0 Å². The van der Waals surface area contributed by atoms with Gasteiger partial charge in [0.25, 0.3) is 5.91 Å². The van der Waals surface area contributed by atoms with Crippen molar-refractivity contribution in [1.29, 1.82) is 0 Å². The number of thiophene rings is 1. The molecule has 2 heterocycles. The van der Waals surface area contributed by atoms with E-state index in [2.05, 4.69) is 31.2 Å². The zero-order valence-electron chi connectivity index (χ0n) is 9.63. The van der Waals surface area contributed by atoms with Gasteiger partial charge in [-0.05, 0) is 46.3 Å². The van der Waals surface area contributed by atoms with Crippen molar-refractivity contribution < 1.29 is 4.79 Å². The summed E-state index contributed by atoms with van der Waals surface area (Å²) >= 11 is 4.73. The maximum absolute atomic E-state index is 12.0. The van der Waals surface area contributed by atoms with Crippen LogP contribution in [0.25, 0.3) is 11.0 Å². The molecule has 1 amide bonds. The van der Waals surface area contributed by atoms with Crippen LogP contribution in [0.2, 0.25) is 0 Å². The topological polar surface area (TPSA) is 54.9 Å². The minimum Gasteiger partial charge on any atom is -0.321 e. The van der Waals surface area contributed by atoms with E-state index in [-0.39, 0.29) is 5.91 Å². The van der Waals surface area contributed by atoms with Gasteiger partial charge in [-0.15, -0.1) is 11.3 Å². The van der Waals surface area contributed by atoms with E-state index in [1.807, 2.05) is 24.3 Å². The van der Waals surface area contributed by atoms with Gasteiger partial charge in [-0.25, -0.2) is 0 Å². The van der Waals surface area contributed by atoms with Crippen molar-refractivity contribution in [3.63, 3.8) is 0 Å². The third-order valence-corrected chi connectivity index (χ3v) is 4.15. The number of hydrogen-bond donors (Lipinski definition) is 1. The average molecular weight is 334 g/mol. The van der Waals surface area contributed by atoms with Gasteiger partial charge in [-0.2, -0.15) is 0 Å². The van der Waals surface area contributed by atoms with Gasteiger partial charge >= 0.3 is 0 Å². The quantitative estimate of drug-likeness (QED) is 0.777. The van der Waals surface area contributed by atoms with Crippen LogP contribution in [0.15, 0.2) is 46.5 Å². The Bertz CT molecular complexity index is 756. The number of aromatic nitrogens is 2. The fourth-order valence-corrected chi connectivity index (χ4v) is 2.95. The lowest BCUT2D eigenvalue weighted by molar-refractivity contribution is 0.103. The number of amides is 1. The molecule has 0 spiro atoms. The molecule has 0 unspecified atom stereocenters. The van der Waals surface area contributed by atoms with Crippen molar-refractivity contribution in [3.8, 4) is 0 Å². The summed E-state index contributed by atoms with van der Waals surface area (Å²) in [6.45, 7) is 0. The van der Waals surface area contributed by atoms with Crippen molar-refractivity contribution in [2.75, 3.05) is 5.32 Å². The summed E-state index contributed by atoms with van der Waals surface area (Å²) in [5.74, 6) is -0.126. The second-order valence-corrected chi connectivity index (χ2v) is 6.28. The molecule has 0 aliphatic rings. The highest BCUT2D eigenvalue weighted by molar-refractivity contribution is 9.11. The van der Waals surface area contributed by atoms with Gasteiger partial charge in [0.1, 0.15) is 0 Å². The third kappa shape index (κ3) is 2.64. The molecule has 0 aliphatic carbocycles. The monoisotopic (exact) mass is 333 g/mol. The molecular formula is C13H8BrN3OS. The fraction of sp³-hybridized carbons (Fsp3) is 0. The van der Waals surface area contributed by atoms with E-state index >= 15 is 0 Å². The number of carbonyl (C=O) groups is 1. The maximum atomic E-state index is 12.0. The Labute approximate surface area is 121 Å². The Hall–Kier alpha value is -1.79. The molecule has 94 valence electrons. The number of benzene rings is 1. The molecule has 3 rings (SSSR count). The normalized spacial score (nSPS) is 10.6. The van der Waals surface area contributed by atoms with E-state index in [9.17, 15) is 4.79 Å². The minimum atomic E-state index is -0.126. The molecule has 3 aromatic rings. The number of nitrogens with one attached hydrogen (secondary N) is 1. The van der Waals surface area contributed by atoms with Crippen LogP contribution < -0.4 is 5.32 Å². The minimum absolute atomic E-state index is 0.126. The van der Waals surface area contributed by atoms with Gasteiger partial charge in [0, 0.05) is 18.1 Å². The third-order valence-electron chi connectivity index (χ3n) is 2.52. The molecular weight excluding hydrogens is 326 g/mol. The molecule has 0 saturated carbocycles. The fourth-order valence-electron chi connectivity index (χ4n) is 1.67. The summed E-state index contributed by atoms with van der Waals surface area (Å²) in [6, 6.07) is 9.10. The van der Waals surface area contributed by atoms with Gasteiger partial charge in [0.15, 0.2) is 0 Å². The summed E-state index contributed by atoms with van der Waals surface area (Å²) in [6.07, 6.45) is 3.27. The Morgan fingerprint density at radius 2 is 1.89 bits per heavy atom. The van der Waals surface area contributed by atoms with E-state index in [0.29, 0.717) is 10.6 Å². The summed E-state index contributed by atoms with van der Waals surface area (Å²) in [7, 11) is 0. The molecule has 0 saturated heterocycles. The predicted molar refractivity (Wildman–Crippen MR) is 79.5 cm³/mol. The van der Waals surface area contributed by atoms with Gasteiger partial charge in [-0.1, -0.05) is 0 Å². The van der Waals surface area contributed by atoms with Crippen molar-refractivity contribution in [1.82, 2.24) is 9.97 Å². The highest BCUT2D eigenvalue weighted by Crippen LogP contribution is 2.23. The summed E-state index contributed by atoms with van der Waals surface area (Å²) in [5.41, 5.74) is 2.27. The van der Waals surface area contributed by atoms with Crippen LogP contribution >= 0.6 is 27.3 Å². The standard InChI is InChI=1S/C13H8BrN3OS/c14-12-4-3-11(19-12)13(18)17-8-1-2-9-10(7-8)16-6-5-15-9/h1-7H,(H,17,18). The Balaban J connectivity index is 1.87. The first-order chi connectivity index (χ1) is 9.22. The number of nitrogens with zero attached hydrogens (tertiary/aromatic N) is 2. The second-order valence-electron chi connectivity index (χ2n) is 3.82. The first-order valence-electron chi connectivity index (χ1n) is 5.50. The van der Waals surface area contributed by atoms with Gasteiger partial charge in [-0.3, -0.25) is 14.8 Å². The van der Waals surface area contributed by atoms with Gasteiger partial charge in [0.05, 0.1) is 19.7 Å². The van der Waals surface area contributed by atoms with E-state index < -0.39 is 0 Å². The zero-order valence-corrected chi connectivity index (χ0v) is 12.0. The molecule has 1 aromatic carbocycles. The number of halogens is 1. The molecule has 0 bridgehead atoms. The second kappa shape index (κ2) is 5.07. The number of rotatable bonds is 2.